The number of carbonyl (C=O) groups excluding carboxylic acids is 1. The van der Waals surface area contributed by atoms with Gasteiger partial charge in [0.05, 0.1) is 18.5 Å². The molecule has 94 valence electrons. The third-order valence-electron chi connectivity index (χ3n) is 2.40. The molecule has 18 heavy (non-hydrogen) atoms. The van der Waals surface area contributed by atoms with Crippen molar-refractivity contribution in [1.29, 1.82) is 0 Å². The van der Waals surface area contributed by atoms with Crippen LogP contribution in [0.25, 0.3) is 0 Å². The van der Waals surface area contributed by atoms with Crippen LogP contribution >= 0.6 is 0 Å². The molecule has 1 unspecified atom stereocenters. The first-order valence-electron chi connectivity index (χ1n) is 5.58. The van der Waals surface area contributed by atoms with Crippen LogP contribution in [0, 0.1) is 0 Å². The van der Waals surface area contributed by atoms with Crippen LogP contribution in [0.15, 0.2) is 36.9 Å². The molecular formula is C12H14N4O2. The molecule has 2 aromatic heterocycles. The lowest BCUT2D eigenvalue weighted by molar-refractivity contribution is -0.146. The molecule has 0 amide bonds. The van der Waals surface area contributed by atoms with Gasteiger partial charge in [-0.1, -0.05) is 6.07 Å². The highest BCUT2D eigenvalue weighted by Gasteiger charge is 2.24. The first-order valence-corrected chi connectivity index (χ1v) is 5.58. The van der Waals surface area contributed by atoms with Crippen LogP contribution in [0.2, 0.25) is 0 Å². The van der Waals surface area contributed by atoms with Gasteiger partial charge in [-0.05, 0) is 13.0 Å². The number of nitrogens with zero attached hydrogens (tertiary/aromatic N) is 3. The predicted octanol–water partition coefficient (Wildman–Crippen LogP) is 1.01. The SMILES string of the molecule is CCOC(=O)C(c1cccnc1)n1cc(N)cn1. The summed E-state index contributed by atoms with van der Waals surface area (Å²) in [5.41, 5.74) is 6.82. The Hall–Kier alpha value is -2.37. The lowest BCUT2D eigenvalue weighted by Gasteiger charge is -2.15. The van der Waals surface area contributed by atoms with Crippen molar-refractivity contribution in [2.24, 2.45) is 0 Å². The maximum atomic E-state index is 12.0. The molecule has 1 atom stereocenters. The lowest BCUT2D eigenvalue weighted by Crippen LogP contribution is -2.23. The molecule has 6 nitrogen and oxygen atoms in total. The topological polar surface area (TPSA) is 83.0 Å². The first kappa shape index (κ1) is 12.1. The van der Waals surface area contributed by atoms with Crippen molar-refractivity contribution in [2.45, 2.75) is 13.0 Å². The second kappa shape index (κ2) is 5.31. The molecule has 0 aliphatic rings. The van der Waals surface area contributed by atoms with Gasteiger partial charge in [0.15, 0.2) is 6.04 Å². The molecule has 0 bridgehead atoms. The maximum Gasteiger partial charge on any atom is 0.335 e. The molecule has 0 fully saturated rings. The highest BCUT2D eigenvalue weighted by Crippen LogP contribution is 2.19. The van der Waals surface area contributed by atoms with Crippen LogP contribution in [-0.4, -0.2) is 27.3 Å². The van der Waals surface area contributed by atoms with Crippen LogP contribution < -0.4 is 5.73 Å². The Bertz CT molecular complexity index is 524. The summed E-state index contributed by atoms with van der Waals surface area (Å²) in [6.45, 7) is 2.07. The summed E-state index contributed by atoms with van der Waals surface area (Å²) < 4.78 is 6.53. The summed E-state index contributed by atoms with van der Waals surface area (Å²) in [6, 6.07) is 2.90. The number of rotatable bonds is 4. The Labute approximate surface area is 104 Å². The molecule has 0 radical (unpaired) electrons. The predicted molar refractivity (Wildman–Crippen MR) is 65.6 cm³/mol. The molecule has 2 heterocycles. The zero-order valence-corrected chi connectivity index (χ0v) is 9.98. The van der Waals surface area contributed by atoms with Gasteiger partial charge in [0.1, 0.15) is 0 Å². The third-order valence-corrected chi connectivity index (χ3v) is 2.40. The van der Waals surface area contributed by atoms with Crippen molar-refractivity contribution in [2.75, 3.05) is 12.3 Å². The van der Waals surface area contributed by atoms with Crippen LogP contribution in [0.5, 0.6) is 0 Å². The Kier molecular flexibility index (Phi) is 3.57. The van der Waals surface area contributed by atoms with E-state index >= 15 is 0 Å². The summed E-state index contributed by atoms with van der Waals surface area (Å²) in [7, 11) is 0. The van der Waals surface area contributed by atoms with Crippen molar-refractivity contribution in [1.82, 2.24) is 14.8 Å². The lowest BCUT2D eigenvalue weighted by atomic mass is 10.1. The Balaban J connectivity index is 2.38. The van der Waals surface area contributed by atoms with E-state index < -0.39 is 6.04 Å². The molecule has 0 saturated heterocycles. The fraction of sp³-hybridized carbons (Fsp3) is 0.250. The van der Waals surface area contributed by atoms with E-state index in [2.05, 4.69) is 10.1 Å². The number of nitrogens with two attached hydrogens (primary N) is 1. The Morgan fingerprint density at radius 3 is 2.94 bits per heavy atom. The maximum absolute atomic E-state index is 12.0. The van der Waals surface area contributed by atoms with Gasteiger partial charge < -0.3 is 10.5 Å². The first-order chi connectivity index (χ1) is 8.72. The number of hydrogen-bond acceptors (Lipinski definition) is 5. The number of hydrogen-bond donors (Lipinski definition) is 1. The van der Waals surface area contributed by atoms with Crippen molar-refractivity contribution < 1.29 is 9.53 Å². The van der Waals surface area contributed by atoms with Crippen molar-refractivity contribution in [3.05, 3.63) is 42.5 Å². The molecule has 2 N–H and O–H groups in total. The molecule has 6 heteroatoms. The van der Waals surface area contributed by atoms with Gasteiger partial charge in [-0.15, -0.1) is 0 Å². The van der Waals surface area contributed by atoms with Gasteiger partial charge >= 0.3 is 5.97 Å². The number of nitrogen functional groups attached to an aromatic ring is 1. The molecule has 0 aliphatic heterocycles. The molecule has 0 aromatic carbocycles. The van der Waals surface area contributed by atoms with Crippen molar-refractivity contribution >= 4 is 11.7 Å². The van der Waals surface area contributed by atoms with E-state index in [0.29, 0.717) is 17.9 Å². The summed E-state index contributed by atoms with van der Waals surface area (Å²) in [6.07, 6.45) is 6.33. The second-order valence-electron chi connectivity index (χ2n) is 3.69. The Morgan fingerprint density at radius 2 is 2.39 bits per heavy atom. The van der Waals surface area contributed by atoms with E-state index in [1.165, 1.54) is 10.9 Å². The van der Waals surface area contributed by atoms with Crippen LogP contribution in [-0.2, 0) is 9.53 Å². The highest BCUT2D eigenvalue weighted by molar-refractivity contribution is 5.78. The number of carbonyl (C=O) groups is 1. The fourth-order valence-corrected chi connectivity index (χ4v) is 1.65. The minimum Gasteiger partial charge on any atom is -0.464 e. The van der Waals surface area contributed by atoms with Crippen LogP contribution in [0.3, 0.4) is 0 Å². The van der Waals surface area contributed by atoms with Gasteiger partial charge in [-0.2, -0.15) is 5.10 Å². The monoisotopic (exact) mass is 246 g/mol. The van der Waals surface area contributed by atoms with Gasteiger partial charge in [-0.3, -0.25) is 9.67 Å². The quantitative estimate of drug-likeness (QED) is 0.814. The minimum absolute atomic E-state index is 0.312. The average molecular weight is 246 g/mol. The summed E-state index contributed by atoms with van der Waals surface area (Å²) in [5, 5.41) is 4.06. The van der Waals surface area contributed by atoms with Gasteiger partial charge in [-0.25, -0.2) is 4.79 Å². The minimum atomic E-state index is -0.657. The molecule has 0 spiro atoms. The number of anilines is 1. The van der Waals surface area contributed by atoms with E-state index in [1.54, 1.807) is 37.6 Å². The van der Waals surface area contributed by atoms with Crippen LogP contribution in [0.4, 0.5) is 5.69 Å². The van der Waals surface area contributed by atoms with Gasteiger partial charge in [0, 0.05) is 24.2 Å². The fourth-order valence-electron chi connectivity index (χ4n) is 1.65. The zero-order chi connectivity index (χ0) is 13.0. The largest absolute Gasteiger partial charge is 0.464 e. The molecule has 2 rings (SSSR count). The number of aromatic nitrogens is 3. The van der Waals surface area contributed by atoms with E-state index in [9.17, 15) is 4.79 Å². The number of pyridine rings is 1. The third kappa shape index (κ3) is 2.48. The second-order valence-corrected chi connectivity index (χ2v) is 3.69. The zero-order valence-electron chi connectivity index (χ0n) is 9.98. The van der Waals surface area contributed by atoms with E-state index in [1.807, 2.05) is 0 Å². The van der Waals surface area contributed by atoms with Gasteiger partial charge in [0.25, 0.3) is 0 Å². The molecule has 0 aliphatic carbocycles. The van der Waals surface area contributed by atoms with Crippen molar-refractivity contribution in [3.63, 3.8) is 0 Å². The average Bonchev–Trinajstić information content (AvgIpc) is 2.78. The summed E-state index contributed by atoms with van der Waals surface area (Å²) >= 11 is 0. The highest BCUT2D eigenvalue weighted by atomic mass is 16.5. The molecule has 0 saturated carbocycles. The standard InChI is InChI=1S/C12H14N4O2/c1-2-18-12(17)11(9-4-3-5-14-6-9)16-8-10(13)7-15-16/h3-8,11H,2,13H2,1H3. The van der Waals surface area contributed by atoms with Crippen molar-refractivity contribution in [3.8, 4) is 0 Å². The Morgan fingerprint density at radius 1 is 1.56 bits per heavy atom. The van der Waals surface area contributed by atoms with Gasteiger partial charge in [0.2, 0.25) is 0 Å². The normalized spacial score (nSPS) is 12.1. The van der Waals surface area contributed by atoms with E-state index in [4.69, 9.17) is 10.5 Å². The number of esters is 1. The van der Waals surface area contributed by atoms with E-state index in [0.717, 1.165) is 0 Å². The smallest absolute Gasteiger partial charge is 0.335 e. The van der Waals surface area contributed by atoms with E-state index in [-0.39, 0.29) is 5.97 Å². The molecule has 2 aromatic rings. The summed E-state index contributed by atoms with van der Waals surface area (Å²) in [4.78, 5) is 16.0. The molecular weight excluding hydrogens is 232 g/mol. The summed E-state index contributed by atoms with van der Waals surface area (Å²) in [5.74, 6) is -0.381. The number of ether oxygens (including phenoxy) is 1. The van der Waals surface area contributed by atoms with Crippen LogP contribution in [0.1, 0.15) is 18.5 Å².